The van der Waals surface area contributed by atoms with E-state index >= 15 is 0 Å². The van der Waals surface area contributed by atoms with Gasteiger partial charge in [-0.3, -0.25) is 0 Å². The van der Waals surface area contributed by atoms with E-state index in [1.165, 1.54) is 5.56 Å². The van der Waals surface area contributed by atoms with Crippen molar-refractivity contribution < 1.29 is 14.6 Å². The topological polar surface area (TPSA) is 80.6 Å². The summed E-state index contributed by atoms with van der Waals surface area (Å²) in [5.74, 6) is 0.741. The number of hydrogen-bond donors (Lipinski definition) is 1. The lowest BCUT2D eigenvalue weighted by molar-refractivity contribution is 0.122. The van der Waals surface area contributed by atoms with Gasteiger partial charge in [0.1, 0.15) is 12.1 Å². The van der Waals surface area contributed by atoms with Crippen molar-refractivity contribution in [2.75, 3.05) is 44.4 Å². The molecule has 7 nitrogen and oxygen atoms in total. The van der Waals surface area contributed by atoms with E-state index in [-0.39, 0.29) is 19.2 Å². The van der Waals surface area contributed by atoms with Gasteiger partial charge in [-0.1, -0.05) is 23.8 Å². The summed E-state index contributed by atoms with van der Waals surface area (Å²) < 4.78 is 10.9. The zero-order valence-electron chi connectivity index (χ0n) is 15.3. The number of fused-ring (bicyclic) bond motifs is 1. The normalized spacial score (nSPS) is 14.5. The fraction of sp³-hybridized carbons (Fsp3) is 0.350. The molecule has 7 heteroatoms. The lowest BCUT2D eigenvalue weighted by atomic mass is 10.1. The molecule has 140 valence electrons. The Bertz CT molecular complexity index is 942. The Morgan fingerprint density at radius 3 is 2.74 bits per heavy atom. The first-order valence-electron chi connectivity index (χ1n) is 9.07. The molecule has 27 heavy (non-hydrogen) atoms. The maximum Gasteiger partial charge on any atom is 0.319 e. The molecular formula is C20H22N4O3. The van der Waals surface area contributed by atoms with Crippen molar-refractivity contribution in [2.45, 2.75) is 6.92 Å². The van der Waals surface area contributed by atoms with E-state index in [0.717, 1.165) is 41.2 Å². The molecule has 0 amide bonds. The number of aliphatic hydroxyl groups excluding tert-OH is 1. The maximum atomic E-state index is 9.02. The number of nitrogens with zero attached hydrogens (tertiary/aromatic N) is 4. The molecule has 1 aromatic carbocycles. The van der Waals surface area contributed by atoms with Crippen molar-refractivity contribution in [2.24, 2.45) is 0 Å². The van der Waals surface area contributed by atoms with Crippen molar-refractivity contribution in [3.8, 4) is 17.3 Å². The highest BCUT2D eigenvalue weighted by Gasteiger charge is 2.19. The minimum absolute atomic E-state index is 0.0845. The molecule has 3 heterocycles. The molecule has 1 fully saturated rings. The van der Waals surface area contributed by atoms with Crippen LogP contribution in [0.25, 0.3) is 22.3 Å². The number of hydrogen-bond acceptors (Lipinski definition) is 7. The predicted molar refractivity (Wildman–Crippen MR) is 103 cm³/mol. The summed E-state index contributed by atoms with van der Waals surface area (Å²) in [5.41, 5.74) is 4.59. The van der Waals surface area contributed by atoms with Gasteiger partial charge in [0.2, 0.25) is 0 Å². The molecule has 4 rings (SSSR count). The first-order valence-corrected chi connectivity index (χ1v) is 9.07. The van der Waals surface area contributed by atoms with Gasteiger partial charge in [0.05, 0.1) is 31.0 Å². The molecule has 0 bridgehead atoms. The lowest BCUT2D eigenvalue weighted by Gasteiger charge is -2.28. The van der Waals surface area contributed by atoms with Gasteiger partial charge in [-0.05, 0) is 25.1 Å². The summed E-state index contributed by atoms with van der Waals surface area (Å²) in [7, 11) is 0. The van der Waals surface area contributed by atoms with E-state index in [0.29, 0.717) is 13.2 Å². The van der Waals surface area contributed by atoms with Crippen LogP contribution in [-0.4, -0.2) is 59.6 Å². The second kappa shape index (κ2) is 7.85. The van der Waals surface area contributed by atoms with Gasteiger partial charge in [-0.15, -0.1) is 0 Å². The summed E-state index contributed by atoms with van der Waals surface area (Å²) in [5, 5.41) is 9.02. The number of aliphatic hydroxyl groups is 1. The minimum Gasteiger partial charge on any atom is -0.461 e. The van der Waals surface area contributed by atoms with Crippen LogP contribution in [0.2, 0.25) is 0 Å². The number of aryl methyl sites for hydroxylation is 1. The van der Waals surface area contributed by atoms with Gasteiger partial charge >= 0.3 is 6.01 Å². The van der Waals surface area contributed by atoms with Crippen LogP contribution in [0.15, 0.2) is 36.4 Å². The van der Waals surface area contributed by atoms with Gasteiger partial charge in [0.25, 0.3) is 0 Å². The number of morpholine rings is 1. The van der Waals surface area contributed by atoms with E-state index in [1.807, 2.05) is 18.2 Å². The third kappa shape index (κ3) is 3.84. The predicted octanol–water partition coefficient (Wildman–Crippen LogP) is 2.21. The van der Waals surface area contributed by atoms with Crippen LogP contribution >= 0.6 is 0 Å². The molecule has 0 atom stereocenters. The molecule has 0 saturated carbocycles. The van der Waals surface area contributed by atoms with E-state index in [9.17, 15) is 0 Å². The summed E-state index contributed by atoms with van der Waals surface area (Å²) in [4.78, 5) is 16.0. The van der Waals surface area contributed by atoms with E-state index in [2.05, 4.69) is 40.0 Å². The molecule has 1 N–H and O–H groups in total. The van der Waals surface area contributed by atoms with Crippen molar-refractivity contribution in [1.82, 2.24) is 15.0 Å². The van der Waals surface area contributed by atoms with Crippen LogP contribution in [0.5, 0.6) is 6.01 Å². The smallest absolute Gasteiger partial charge is 0.319 e. The van der Waals surface area contributed by atoms with Gasteiger partial charge < -0.3 is 19.5 Å². The average molecular weight is 366 g/mol. The molecule has 1 saturated heterocycles. The van der Waals surface area contributed by atoms with Crippen LogP contribution in [0.1, 0.15) is 5.56 Å². The molecule has 1 aliphatic heterocycles. The Morgan fingerprint density at radius 1 is 1.11 bits per heavy atom. The standard InChI is InChI=1S/C20H22N4O3/c1-14-3-2-4-15(13-14)16-5-6-17-18(21-16)19(24-7-10-26-11-8-24)23-20(22-17)27-12-9-25/h2-6,13,25H,7-12H2,1H3. The zero-order chi connectivity index (χ0) is 18.6. The minimum atomic E-state index is -0.0845. The first kappa shape index (κ1) is 17.6. The lowest BCUT2D eigenvalue weighted by Crippen LogP contribution is -2.37. The van der Waals surface area contributed by atoms with Crippen LogP contribution in [-0.2, 0) is 4.74 Å². The van der Waals surface area contributed by atoms with Gasteiger partial charge in [-0.25, -0.2) is 4.98 Å². The maximum absolute atomic E-state index is 9.02. The molecule has 0 aliphatic carbocycles. The first-order chi connectivity index (χ1) is 13.2. The molecule has 0 unspecified atom stereocenters. The number of ether oxygens (including phenoxy) is 2. The second-order valence-corrected chi connectivity index (χ2v) is 6.43. The van der Waals surface area contributed by atoms with Crippen LogP contribution < -0.4 is 9.64 Å². The fourth-order valence-corrected chi connectivity index (χ4v) is 3.14. The summed E-state index contributed by atoms with van der Waals surface area (Å²) in [6.45, 7) is 4.91. The molecule has 3 aromatic rings. The monoisotopic (exact) mass is 366 g/mol. The molecule has 0 spiro atoms. The van der Waals surface area contributed by atoms with Crippen LogP contribution in [0, 0.1) is 6.92 Å². The van der Waals surface area contributed by atoms with Crippen molar-refractivity contribution in [1.29, 1.82) is 0 Å². The average Bonchev–Trinajstić information content (AvgIpc) is 2.72. The highest BCUT2D eigenvalue weighted by Crippen LogP contribution is 2.28. The highest BCUT2D eigenvalue weighted by molar-refractivity contribution is 5.88. The Balaban J connectivity index is 1.82. The summed E-state index contributed by atoms with van der Waals surface area (Å²) >= 11 is 0. The van der Waals surface area contributed by atoms with Gasteiger partial charge in [0.15, 0.2) is 5.82 Å². The molecule has 2 aromatic heterocycles. The highest BCUT2D eigenvalue weighted by atomic mass is 16.5. The number of benzene rings is 1. The Kier molecular flexibility index (Phi) is 5.13. The molecule has 0 radical (unpaired) electrons. The van der Waals surface area contributed by atoms with Gasteiger partial charge in [0, 0.05) is 18.7 Å². The third-order valence-electron chi connectivity index (χ3n) is 4.45. The van der Waals surface area contributed by atoms with Crippen molar-refractivity contribution >= 4 is 16.9 Å². The van der Waals surface area contributed by atoms with E-state index < -0.39 is 0 Å². The number of rotatable bonds is 5. The number of aromatic nitrogens is 3. The van der Waals surface area contributed by atoms with Gasteiger partial charge in [-0.2, -0.15) is 9.97 Å². The van der Waals surface area contributed by atoms with Crippen molar-refractivity contribution in [3.05, 3.63) is 42.0 Å². The Hall–Kier alpha value is -2.77. The van der Waals surface area contributed by atoms with E-state index in [1.54, 1.807) is 0 Å². The molecule has 1 aliphatic rings. The zero-order valence-corrected chi connectivity index (χ0v) is 15.3. The van der Waals surface area contributed by atoms with Crippen LogP contribution in [0.3, 0.4) is 0 Å². The number of pyridine rings is 1. The second-order valence-electron chi connectivity index (χ2n) is 6.43. The summed E-state index contributed by atoms with van der Waals surface area (Å²) in [6, 6.07) is 12.4. The third-order valence-corrected chi connectivity index (χ3v) is 4.45. The SMILES string of the molecule is Cc1cccc(-c2ccc3nc(OCCO)nc(N4CCOCC4)c3n2)c1. The Labute approximate surface area is 157 Å². The summed E-state index contributed by atoms with van der Waals surface area (Å²) in [6.07, 6.45) is 0. The largest absolute Gasteiger partial charge is 0.461 e. The quantitative estimate of drug-likeness (QED) is 0.741. The van der Waals surface area contributed by atoms with E-state index in [4.69, 9.17) is 19.6 Å². The number of anilines is 1. The Morgan fingerprint density at radius 2 is 1.96 bits per heavy atom. The molecular weight excluding hydrogens is 344 g/mol. The van der Waals surface area contributed by atoms with Crippen molar-refractivity contribution in [3.63, 3.8) is 0 Å². The fourth-order valence-electron chi connectivity index (χ4n) is 3.14. The van der Waals surface area contributed by atoms with Crippen LogP contribution in [0.4, 0.5) is 5.82 Å².